The number of nitrogens with zero attached hydrogens (tertiary/aromatic N) is 3. The van der Waals surface area contributed by atoms with Gasteiger partial charge >= 0.3 is 0 Å². The van der Waals surface area contributed by atoms with Crippen molar-refractivity contribution < 1.29 is 9.72 Å². The van der Waals surface area contributed by atoms with Gasteiger partial charge in [-0.15, -0.1) is 0 Å². The van der Waals surface area contributed by atoms with Crippen LogP contribution in [-0.2, 0) is 4.79 Å². The van der Waals surface area contributed by atoms with Gasteiger partial charge in [-0.3, -0.25) is 19.8 Å². The Morgan fingerprint density at radius 1 is 0.844 bits per heavy atom. The molecule has 6 heteroatoms. The van der Waals surface area contributed by atoms with E-state index in [0.717, 1.165) is 13.1 Å². The lowest BCUT2D eigenvalue weighted by molar-refractivity contribution is -0.384. The Morgan fingerprint density at radius 2 is 1.44 bits per heavy atom. The lowest BCUT2D eigenvalue weighted by Gasteiger charge is -2.39. The van der Waals surface area contributed by atoms with E-state index in [1.165, 1.54) is 29.3 Å². The first-order valence-electron chi connectivity index (χ1n) is 10.7. The third kappa shape index (κ3) is 5.10. The van der Waals surface area contributed by atoms with Crippen molar-refractivity contribution in [2.75, 3.05) is 26.2 Å². The fourth-order valence-electron chi connectivity index (χ4n) is 4.10. The zero-order valence-electron chi connectivity index (χ0n) is 17.7. The molecule has 162 valence electrons. The van der Waals surface area contributed by atoms with Crippen LogP contribution < -0.4 is 0 Å². The van der Waals surface area contributed by atoms with E-state index in [1.807, 2.05) is 17.0 Å². The maximum atomic E-state index is 12.7. The summed E-state index contributed by atoms with van der Waals surface area (Å²) in [6.45, 7) is 2.80. The van der Waals surface area contributed by atoms with Crippen LogP contribution in [0, 0.1) is 10.1 Å². The Balaban J connectivity index is 1.43. The van der Waals surface area contributed by atoms with Crippen LogP contribution in [0.15, 0.2) is 91.0 Å². The minimum atomic E-state index is -0.436. The highest BCUT2D eigenvalue weighted by Gasteiger charge is 2.27. The lowest BCUT2D eigenvalue weighted by Crippen LogP contribution is -2.49. The number of nitro groups is 1. The first kappa shape index (κ1) is 21.5. The standard InChI is InChI=1S/C26H25N3O3/c30-25(15-14-21-8-7-13-24(20-21)29(31)32)27-16-18-28(19-17-27)26(22-9-3-1-4-10-22)23-11-5-2-6-12-23/h1-15,20,26H,16-19H2/b15-14+. The van der Waals surface area contributed by atoms with Crippen LogP contribution in [0.1, 0.15) is 22.7 Å². The molecule has 0 spiro atoms. The van der Waals surface area contributed by atoms with Crippen molar-refractivity contribution in [3.63, 3.8) is 0 Å². The first-order valence-corrected chi connectivity index (χ1v) is 10.7. The highest BCUT2D eigenvalue weighted by Crippen LogP contribution is 2.29. The number of hydrogen-bond donors (Lipinski definition) is 0. The van der Waals surface area contributed by atoms with Crippen molar-refractivity contribution in [2.45, 2.75) is 6.04 Å². The molecular formula is C26H25N3O3. The molecule has 0 radical (unpaired) electrons. The van der Waals surface area contributed by atoms with Gasteiger partial charge in [-0.1, -0.05) is 72.8 Å². The first-order chi connectivity index (χ1) is 15.6. The molecule has 1 aliphatic rings. The largest absolute Gasteiger partial charge is 0.337 e. The van der Waals surface area contributed by atoms with Gasteiger partial charge in [0.2, 0.25) is 5.91 Å². The average molecular weight is 428 g/mol. The Bertz CT molecular complexity index is 1050. The summed E-state index contributed by atoms with van der Waals surface area (Å²) in [6, 6.07) is 27.3. The SMILES string of the molecule is O=C(/C=C/c1cccc([N+](=O)[O-])c1)N1CCN(C(c2ccccc2)c2ccccc2)CC1. The summed E-state index contributed by atoms with van der Waals surface area (Å²) in [6.07, 6.45) is 3.14. The van der Waals surface area contributed by atoms with E-state index in [1.54, 1.807) is 18.2 Å². The van der Waals surface area contributed by atoms with Crippen molar-refractivity contribution in [1.82, 2.24) is 9.80 Å². The normalized spacial score (nSPS) is 14.7. The fraction of sp³-hybridized carbons (Fsp3) is 0.192. The molecule has 0 N–H and O–H groups in total. The molecule has 32 heavy (non-hydrogen) atoms. The Kier molecular flexibility index (Phi) is 6.72. The van der Waals surface area contributed by atoms with E-state index < -0.39 is 4.92 Å². The Hall–Kier alpha value is -3.77. The second kappa shape index (κ2) is 10.0. The van der Waals surface area contributed by atoms with Crippen LogP contribution in [-0.4, -0.2) is 46.8 Å². The molecule has 1 amide bonds. The zero-order valence-corrected chi connectivity index (χ0v) is 17.7. The molecule has 1 heterocycles. The number of amides is 1. The van der Waals surface area contributed by atoms with Crippen LogP contribution in [0.25, 0.3) is 6.08 Å². The van der Waals surface area contributed by atoms with Crippen LogP contribution >= 0.6 is 0 Å². The van der Waals surface area contributed by atoms with E-state index in [-0.39, 0.29) is 17.6 Å². The van der Waals surface area contributed by atoms with Gasteiger partial charge in [-0.05, 0) is 22.8 Å². The molecule has 0 aromatic heterocycles. The highest BCUT2D eigenvalue weighted by atomic mass is 16.6. The number of non-ortho nitro benzene ring substituents is 1. The average Bonchev–Trinajstić information content (AvgIpc) is 2.85. The Labute approximate surface area is 187 Å². The Morgan fingerprint density at radius 3 is 2.00 bits per heavy atom. The number of nitro benzene ring substituents is 1. The van der Waals surface area contributed by atoms with E-state index in [0.29, 0.717) is 18.7 Å². The summed E-state index contributed by atoms with van der Waals surface area (Å²) in [5, 5.41) is 10.9. The van der Waals surface area contributed by atoms with Gasteiger partial charge in [0, 0.05) is 44.4 Å². The van der Waals surface area contributed by atoms with Crippen LogP contribution in [0.2, 0.25) is 0 Å². The predicted molar refractivity (Wildman–Crippen MR) is 125 cm³/mol. The van der Waals surface area contributed by atoms with Crippen molar-refractivity contribution in [2.24, 2.45) is 0 Å². The van der Waals surface area contributed by atoms with Crippen molar-refractivity contribution in [3.05, 3.63) is 118 Å². The summed E-state index contributed by atoms with van der Waals surface area (Å²) in [7, 11) is 0. The molecule has 3 aromatic carbocycles. The summed E-state index contributed by atoms with van der Waals surface area (Å²) in [5.74, 6) is -0.0767. The van der Waals surface area contributed by atoms with Crippen molar-refractivity contribution in [3.8, 4) is 0 Å². The van der Waals surface area contributed by atoms with Gasteiger partial charge in [0.25, 0.3) is 5.69 Å². The molecule has 1 aliphatic heterocycles. The van der Waals surface area contributed by atoms with E-state index in [9.17, 15) is 14.9 Å². The summed E-state index contributed by atoms with van der Waals surface area (Å²) in [5.41, 5.74) is 3.13. The monoisotopic (exact) mass is 427 g/mol. The highest BCUT2D eigenvalue weighted by molar-refractivity contribution is 5.92. The van der Waals surface area contributed by atoms with Crippen LogP contribution in [0.5, 0.6) is 0 Å². The quantitative estimate of drug-likeness (QED) is 0.329. The van der Waals surface area contributed by atoms with Gasteiger partial charge in [-0.2, -0.15) is 0 Å². The molecule has 0 atom stereocenters. The summed E-state index contributed by atoms with van der Waals surface area (Å²) < 4.78 is 0. The molecule has 0 unspecified atom stereocenters. The lowest BCUT2D eigenvalue weighted by atomic mass is 9.96. The second-order valence-electron chi connectivity index (χ2n) is 7.77. The number of piperazine rings is 1. The number of carbonyl (C=O) groups excluding carboxylic acids is 1. The van der Waals surface area contributed by atoms with E-state index >= 15 is 0 Å². The van der Waals surface area contributed by atoms with Crippen LogP contribution in [0.4, 0.5) is 5.69 Å². The summed E-state index contributed by atoms with van der Waals surface area (Å²) in [4.78, 5) is 27.4. The minimum absolute atomic E-state index is 0.0149. The van der Waals surface area contributed by atoms with Crippen LogP contribution in [0.3, 0.4) is 0 Å². The number of benzene rings is 3. The van der Waals surface area contributed by atoms with Crippen molar-refractivity contribution in [1.29, 1.82) is 0 Å². The van der Waals surface area contributed by atoms with Gasteiger partial charge < -0.3 is 4.90 Å². The third-order valence-corrected chi connectivity index (χ3v) is 5.72. The maximum Gasteiger partial charge on any atom is 0.270 e. The fourth-order valence-corrected chi connectivity index (χ4v) is 4.10. The van der Waals surface area contributed by atoms with Gasteiger partial charge in [0.05, 0.1) is 11.0 Å². The second-order valence-corrected chi connectivity index (χ2v) is 7.77. The molecule has 3 aromatic rings. The smallest absolute Gasteiger partial charge is 0.270 e. The van der Waals surface area contributed by atoms with E-state index in [2.05, 4.69) is 53.4 Å². The van der Waals surface area contributed by atoms with E-state index in [4.69, 9.17) is 0 Å². The minimum Gasteiger partial charge on any atom is -0.337 e. The molecule has 1 saturated heterocycles. The van der Waals surface area contributed by atoms with Gasteiger partial charge in [0.1, 0.15) is 0 Å². The number of hydrogen-bond acceptors (Lipinski definition) is 4. The number of carbonyl (C=O) groups is 1. The molecule has 0 aliphatic carbocycles. The third-order valence-electron chi connectivity index (χ3n) is 5.72. The number of rotatable bonds is 6. The predicted octanol–water partition coefficient (Wildman–Crippen LogP) is 4.54. The zero-order chi connectivity index (χ0) is 22.3. The van der Waals surface area contributed by atoms with Crippen molar-refractivity contribution >= 4 is 17.7 Å². The molecule has 0 saturated carbocycles. The molecular weight excluding hydrogens is 402 g/mol. The maximum absolute atomic E-state index is 12.7. The topological polar surface area (TPSA) is 66.7 Å². The van der Waals surface area contributed by atoms with Gasteiger partial charge in [-0.25, -0.2) is 0 Å². The summed E-state index contributed by atoms with van der Waals surface area (Å²) >= 11 is 0. The molecule has 1 fully saturated rings. The molecule has 4 rings (SSSR count). The molecule has 6 nitrogen and oxygen atoms in total. The molecule has 0 bridgehead atoms. The van der Waals surface area contributed by atoms with Gasteiger partial charge in [0.15, 0.2) is 0 Å².